The Morgan fingerprint density at radius 3 is 2.16 bits per heavy atom. The number of aliphatic imine (C=N–C) groups is 1. The molecule has 0 saturated carbocycles. The molecule has 9 aromatic rings. The second kappa shape index (κ2) is 24.3. The van der Waals surface area contributed by atoms with Crippen LogP contribution in [0.3, 0.4) is 0 Å². The number of hydrogen-bond acceptors (Lipinski definition) is 11. The van der Waals surface area contributed by atoms with Crippen molar-refractivity contribution < 1.29 is 29.0 Å². The number of allylic oxidation sites excluding steroid dienone is 2. The zero-order valence-corrected chi connectivity index (χ0v) is 44.6. The van der Waals surface area contributed by atoms with Crippen molar-refractivity contribution in [2.45, 2.75) is 62.7 Å². The fourth-order valence-electron chi connectivity index (χ4n) is 10.9. The molecule has 0 saturated heterocycles. The summed E-state index contributed by atoms with van der Waals surface area (Å²) < 4.78 is 6.70. The van der Waals surface area contributed by atoms with Crippen molar-refractivity contribution in [1.29, 1.82) is 0 Å². The van der Waals surface area contributed by atoms with Crippen molar-refractivity contribution in [1.82, 2.24) is 45.4 Å². The van der Waals surface area contributed by atoms with Gasteiger partial charge in [0, 0.05) is 74.0 Å². The number of aliphatic hydroxyl groups excluding tert-OH is 1. The molecule has 17 heteroatoms. The predicted octanol–water partition coefficient (Wildman–Crippen LogP) is 9.45. The van der Waals surface area contributed by atoms with E-state index in [0.29, 0.717) is 29.7 Å². The third kappa shape index (κ3) is 11.5. The Bertz CT molecular complexity index is 3800. The van der Waals surface area contributed by atoms with E-state index in [1.807, 2.05) is 127 Å². The summed E-state index contributed by atoms with van der Waals surface area (Å²) in [6.45, 7) is 5.28. The lowest BCUT2D eigenvalue weighted by Gasteiger charge is -2.33. The van der Waals surface area contributed by atoms with Gasteiger partial charge < -0.3 is 35.3 Å². The molecule has 0 spiro atoms. The summed E-state index contributed by atoms with van der Waals surface area (Å²) in [5.74, 6) is -2.19. The number of carbonyl (C=O) groups excluding carboxylic acids is 4. The average molecular weight is 1090 g/mol. The highest BCUT2D eigenvalue weighted by Gasteiger charge is 2.42. The number of aromatic nitrogens is 6. The fraction of sp³-hybridized carbons (Fsp3) is 0.154. The molecule has 5 aromatic carbocycles. The summed E-state index contributed by atoms with van der Waals surface area (Å²) in [5, 5.41) is 17.7. The summed E-state index contributed by atoms with van der Waals surface area (Å²) in [4.78, 5) is 90.8. The van der Waals surface area contributed by atoms with E-state index >= 15 is 14.4 Å². The van der Waals surface area contributed by atoms with Crippen molar-refractivity contribution >= 4 is 36.0 Å². The molecule has 6 atom stereocenters. The molecule has 0 fully saturated rings. The first-order chi connectivity index (χ1) is 40.1. The summed E-state index contributed by atoms with van der Waals surface area (Å²) in [5.41, 5.74) is 9.24. The highest BCUT2D eigenvalue weighted by molar-refractivity contribution is 6.10. The predicted molar refractivity (Wildman–Crippen MR) is 311 cm³/mol. The van der Waals surface area contributed by atoms with E-state index in [0.717, 1.165) is 50.1 Å². The Balaban J connectivity index is 0.920. The molecule has 0 radical (unpaired) electrons. The van der Waals surface area contributed by atoms with Gasteiger partial charge in [0.1, 0.15) is 29.6 Å². The number of anilines is 1. The number of fused-ring (bicyclic) bond motifs is 2. The molecule has 2 aliphatic carbocycles. The third-order valence-electron chi connectivity index (χ3n) is 14.8. The summed E-state index contributed by atoms with van der Waals surface area (Å²) in [6.07, 6.45) is 14.7. The second-order valence-electron chi connectivity index (χ2n) is 20.0. The van der Waals surface area contributed by atoms with Gasteiger partial charge in [-0.15, -0.1) is 0 Å². The van der Waals surface area contributed by atoms with Crippen LogP contribution in [0.25, 0.3) is 22.3 Å². The minimum absolute atomic E-state index is 0.0150. The fourth-order valence-corrected chi connectivity index (χ4v) is 10.9. The molecule has 4 amide bonds. The van der Waals surface area contributed by atoms with Gasteiger partial charge in [-0.3, -0.25) is 39.0 Å². The van der Waals surface area contributed by atoms with Crippen LogP contribution in [0.5, 0.6) is 6.01 Å². The topological polar surface area (TPSA) is 224 Å². The van der Waals surface area contributed by atoms with Crippen LogP contribution in [-0.2, 0) is 29.0 Å². The average Bonchev–Trinajstić information content (AvgIpc) is 4.53. The first kappa shape index (κ1) is 53.6. The first-order valence-electron chi connectivity index (χ1n) is 26.8. The van der Waals surface area contributed by atoms with Crippen molar-refractivity contribution in [3.05, 3.63) is 264 Å². The largest absolute Gasteiger partial charge is 0.459 e. The number of carbonyl (C=O) groups is 4. The number of aromatic amines is 2. The minimum atomic E-state index is -1.25. The number of benzene rings is 5. The SMILES string of the molecule is C=N/C=C\C=C(/C)C(C(=O)N[C@@H]1c2ccccc2C[C@@H]1Oc1nc(C(=O)N(Cc2cccc(-c3ccccc3)c2)C(C(=O)N[C@@H]2c3ccccc3C[C@@H]2O)c2cccnc2)c[nH]1)N(C(=O)c1c[nH]cn1)c1ccc(-c2ccncc2)cc1. The van der Waals surface area contributed by atoms with Crippen molar-refractivity contribution in [3.8, 4) is 28.3 Å². The maximum absolute atomic E-state index is 15.4. The number of rotatable bonds is 19. The van der Waals surface area contributed by atoms with E-state index in [1.165, 1.54) is 34.7 Å². The smallest absolute Gasteiger partial charge is 0.294 e. The number of imidazole rings is 2. The van der Waals surface area contributed by atoms with E-state index in [1.54, 1.807) is 68.1 Å². The zero-order chi connectivity index (χ0) is 56.5. The molecule has 2 aliphatic rings. The molecule has 2 unspecified atom stereocenters. The molecule has 82 heavy (non-hydrogen) atoms. The van der Waals surface area contributed by atoms with Gasteiger partial charge in [-0.2, -0.15) is 4.98 Å². The number of aliphatic hydroxyl groups is 1. The van der Waals surface area contributed by atoms with E-state index in [9.17, 15) is 9.90 Å². The van der Waals surface area contributed by atoms with Crippen molar-refractivity contribution in [2.24, 2.45) is 4.99 Å². The number of nitrogens with zero attached hydrogens (tertiary/aromatic N) is 7. The van der Waals surface area contributed by atoms with Gasteiger partial charge in [0.05, 0.1) is 24.5 Å². The molecule has 4 heterocycles. The molecule has 0 bridgehead atoms. The number of hydrogen-bond donors (Lipinski definition) is 5. The zero-order valence-electron chi connectivity index (χ0n) is 44.6. The number of pyridine rings is 2. The first-order valence-corrected chi connectivity index (χ1v) is 26.8. The Kier molecular flexibility index (Phi) is 15.9. The lowest BCUT2D eigenvalue weighted by Crippen LogP contribution is -2.52. The lowest BCUT2D eigenvalue weighted by atomic mass is 10.0. The molecule has 4 aromatic heterocycles. The van der Waals surface area contributed by atoms with Gasteiger partial charge in [-0.1, -0.05) is 121 Å². The molecular weight excluding hydrogens is 1030 g/mol. The van der Waals surface area contributed by atoms with E-state index in [4.69, 9.17) is 9.72 Å². The molecule has 17 nitrogen and oxygen atoms in total. The molecule has 0 aliphatic heterocycles. The van der Waals surface area contributed by atoms with Crippen LogP contribution < -0.4 is 20.3 Å². The maximum Gasteiger partial charge on any atom is 0.294 e. The van der Waals surface area contributed by atoms with E-state index < -0.39 is 60.0 Å². The van der Waals surface area contributed by atoms with Crippen molar-refractivity contribution in [2.75, 3.05) is 4.90 Å². The van der Waals surface area contributed by atoms with Crippen LogP contribution in [0.2, 0.25) is 0 Å². The molecule has 5 N–H and O–H groups in total. The monoisotopic (exact) mass is 1090 g/mol. The van der Waals surface area contributed by atoms with Gasteiger partial charge in [0.25, 0.3) is 17.8 Å². The highest BCUT2D eigenvalue weighted by Crippen LogP contribution is 2.37. The van der Waals surface area contributed by atoms with Crippen LogP contribution in [0.15, 0.2) is 224 Å². The van der Waals surface area contributed by atoms with Crippen LogP contribution in [0, 0.1) is 0 Å². The van der Waals surface area contributed by atoms with E-state index in [2.05, 4.69) is 47.3 Å². The van der Waals surface area contributed by atoms with Gasteiger partial charge in [0.2, 0.25) is 11.8 Å². The highest BCUT2D eigenvalue weighted by atomic mass is 16.5. The Morgan fingerprint density at radius 1 is 0.732 bits per heavy atom. The number of H-pyrrole nitrogens is 2. The summed E-state index contributed by atoms with van der Waals surface area (Å²) in [7, 11) is 0. The maximum atomic E-state index is 15.4. The van der Waals surface area contributed by atoms with Gasteiger partial charge in [-0.25, -0.2) is 4.98 Å². The van der Waals surface area contributed by atoms with Crippen molar-refractivity contribution in [3.63, 3.8) is 0 Å². The Morgan fingerprint density at radius 2 is 1.43 bits per heavy atom. The summed E-state index contributed by atoms with van der Waals surface area (Å²) in [6, 6.07) is 43.4. The number of nitrogens with one attached hydrogen (secondary N) is 4. The molecular formula is C65H57N11O6. The van der Waals surface area contributed by atoms with Crippen LogP contribution in [0.1, 0.15) is 79.4 Å². The van der Waals surface area contributed by atoms with Gasteiger partial charge >= 0.3 is 0 Å². The van der Waals surface area contributed by atoms with Crippen LogP contribution in [-0.4, -0.2) is 88.5 Å². The molecule has 408 valence electrons. The molecule has 11 rings (SSSR count). The Hall–Kier alpha value is -10.4. The van der Waals surface area contributed by atoms with Crippen LogP contribution in [0.4, 0.5) is 5.69 Å². The lowest BCUT2D eigenvalue weighted by molar-refractivity contribution is -0.127. The summed E-state index contributed by atoms with van der Waals surface area (Å²) >= 11 is 0. The van der Waals surface area contributed by atoms with E-state index in [-0.39, 0.29) is 23.9 Å². The third-order valence-corrected chi connectivity index (χ3v) is 14.8. The number of ether oxygens (including phenoxy) is 1. The normalized spacial score (nSPS) is 17.0. The standard InChI is InChI=1S/C65H57N11O6/c1-41(13-11-29-66-2)59(76(64(81)53-37-69-40-71-53)50-25-23-44(24-26-50)45-27-31-67-32-28-45)61(78)74-58-52-22-9-7-18-48(52)35-56(58)82-65-70-38-54(72-65)63(80)75(39-42-14-10-19-46(33-42)43-15-4-3-5-16-43)60(49-20-12-30-68-36-49)62(79)73-57-51-21-8-6-17-47(51)34-55(57)77/h3-33,36-38,40,55-60,77H,2,34-35,39H2,1H3,(H,69,71)(H,70,72)(H,73,79)(H,74,78)/b29-11-,41-13+/t55-,56-,57+,58+,59?,60?/m0/s1. The second-order valence-corrected chi connectivity index (χ2v) is 20.0. The Labute approximate surface area is 473 Å². The van der Waals surface area contributed by atoms with Crippen LogP contribution >= 0.6 is 0 Å². The number of amides is 4. The minimum Gasteiger partial charge on any atom is -0.459 e. The quantitative estimate of drug-likeness (QED) is 0.0381. The van der Waals surface area contributed by atoms with Gasteiger partial charge in [-0.05, 0) is 112 Å². The van der Waals surface area contributed by atoms with Gasteiger partial charge in [0.15, 0.2) is 0 Å².